The van der Waals surface area contributed by atoms with E-state index in [0.717, 1.165) is 19.3 Å². The van der Waals surface area contributed by atoms with Gasteiger partial charge in [0.1, 0.15) is 10.5 Å². The fourth-order valence-electron chi connectivity index (χ4n) is 4.13. The van der Waals surface area contributed by atoms with E-state index in [-0.39, 0.29) is 22.8 Å². The third-order valence-electron chi connectivity index (χ3n) is 5.78. The van der Waals surface area contributed by atoms with Gasteiger partial charge in [-0.25, -0.2) is 13.4 Å². The number of carbonyl (C=O) groups is 1. The Morgan fingerprint density at radius 2 is 2.04 bits per heavy atom. The molecule has 3 heterocycles. The second-order valence-corrected chi connectivity index (χ2v) is 9.30. The van der Waals surface area contributed by atoms with Crippen molar-refractivity contribution in [3.63, 3.8) is 0 Å². The van der Waals surface area contributed by atoms with E-state index >= 15 is 0 Å². The van der Waals surface area contributed by atoms with E-state index in [0.29, 0.717) is 43.6 Å². The van der Waals surface area contributed by atoms with Gasteiger partial charge in [0.15, 0.2) is 0 Å². The zero-order chi connectivity index (χ0) is 19.0. The van der Waals surface area contributed by atoms with E-state index in [4.69, 9.17) is 5.73 Å². The van der Waals surface area contributed by atoms with E-state index in [1.165, 1.54) is 10.5 Å². The molecule has 1 saturated heterocycles. The third-order valence-corrected chi connectivity index (χ3v) is 7.72. The van der Waals surface area contributed by atoms with Crippen LogP contribution in [0.3, 0.4) is 0 Å². The summed E-state index contributed by atoms with van der Waals surface area (Å²) in [5.74, 6) is 0.351. The van der Waals surface area contributed by atoms with Crippen molar-refractivity contribution in [1.82, 2.24) is 19.2 Å². The van der Waals surface area contributed by atoms with Crippen LogP contribution in [0.15, 0.2) is 29.4 Å². The zero-order valence-corrected chi connectivity index (χ0v) is 16.0. The Balaban J connectivity index is 1.42. The van der Waals surface area contributed by atoms with Crippen LogP contribution in [0.4, 0.5) is 0 Å². The van der Waals surface area contributed by atoms with Crippen molar-refractivity contribution in [2.45, 2.75) is 36.6 Å². The molecule has 9 heteroatoms. The van der Waals surface area contributed by atoms with Crippen LogP contribution < -0.4 is 5.73 Å². The Kier molecular flexibility index (Phi) is 4.92. The van der Waals surface area contributed by atoms with Crippen molar-refractivity contribution in [2.75, 3.05) is 26.2 Å². The lowest BCUT2D eigenvalue weighted by Crippen LogP contribution is -2.51. The summed E-state index contributed by atoms with van der Waals surface area (Å²) in [5, 5.41) is 0.589. The van der Waals surface area contributed by atoms with Gasteiger partial charge >= 0.3 is 0 Å². The summed E-state index contributed by atoms with van der Waals surface area (Å²) in [5.41, 5.74) is 6.62. The predicted molar refractivity (Wildman–Crippen MR) is 101 cm³/mol. The number of sulfonamides is 1. The van der Waals surface area contributed by atoms with Gasteiger partial charge in [0.05, 0.1) is 0 Å². The number of hydrogen-bond acceptors (Lipinski definition) is 5. The Labute approximate surface area is 158 Å². The monoisotopic (exact) mass is 391 g/mol. The molecule has 27 heavy (non-hydrogen) atoms. The number of nitrogens with one attached hydrogen (secondary N) is 1. The Morgan fingerprint density at radius 1 is 1.26 bits per heavy atom. The van der Waals surface area contributed by atoms with Crippen molar-refractivity contribution in [2.24, 2.45) is 11.7 Å². The largest absolute Gasteiger partial charge is 0.345 e. The molecule has 0 spiro atoms. The number of amides is 1. The summed E-state index contributed by atoms with van der Waals surface area (Å²) >= 11 is 0. The van der Waals surface area contributed by atoms with Gasteiger partial charge in [-0.05, 0) is 30.9 Å². The van der Waals surface area contributed by atoms with Gasteiger partial charge in [0.25, 0.3) is 0 Å². The van der Waals surface area contributed by atoms with Crippen LogP contribution in [0.25, 0.3) is 11.0 Å². The van der Waals surface area contributed by atoms with Gasteiger partial charge in [-0.15, -0.1) is 0 Å². The molecule has 2 aliphatic rings. The summed E-state index contributed by atoms with van der Waals surface area (Å²) in [6.45, 7) is 1.44. The lowest BCUT2D eigenvalue weighted by Gasteiger charge is -2.34. The summed E-state index contributed by atoms with van der Waals surface area (Å²) in [6.07, 6.45) is 6.67. The van der Waals surface area contributed by atoms with Crippen LogP contribution in [-0.4, -0.2) is 65.7 Å². The van der Waals surface area contributed by atoms with E-state index in [9.17, 15) is 13.2 Å². The minimum atomic E-state index is -3.62. The number of pyridine rings is 1. The Hall–Kier alpha value is -1.97. The van der Waals surface area contributed by atoms with Crippen LogP contribution in [-0.2, 0) is 14.8 Å². The number of piperazine rings is 1. The maximum Gasteiger partial charge on any atom is 0.245 e. The molecular weight excluding hydrogens is 366 g/mol. The molecule has 4 rings (SSSR count). The smallest absolute Gasteiger partial charge is 0.245 e. The summed E-state index contributed by atoms with van der Waals surface area (Å²) in [7, 11) is -3.62. The molecule has 146 valence electrons. The van der Waals surface area contributed by atoms with Crippen molar-refractivity contribution >= 4 is 27.0 Å². The first kappa shape index (κ1) is 18.4. The quantitative estimate of drug-likeness (QED) is 0.805. The lowest BCUT2D eigenvalue weighted by atomic mass is 9.99. The van der Waals surface area contributed by atoms with Gasteiger partial charge in [-0.1, -0.05) is 6.42 Å². The molecule has 2 atom stereocenters. The molecule has 1 amide bonds. The van der Waals surface area contributed by atoms with Crippen LogP contribution in [0.1, 0.15) is 25.7 Å². The summed E-state index contributed by atoms with van der Waals surface area (Å²) < 4.78 is 27.5. The highest BCUT2D eigenvalue weighted by molar-refractivity contribution is 7.89. The van der Waals surface area contributed by atoms with Crippen LogP contribution in [0, 0.1) is 5.92 Å². The average molecular weight is 391 g/mol. The number of nitrogens with zero attached hydrogens (tertiary/aromatic N) is 3. The highest BCUT2D eigenvalue weighted by Crippen LogP contribution is 2.28. The number of aromatic amines is 1. The van der Waals surface area contributed by atoms with E-state index in [1.54, 1.807) is 23.2 Å². The first-order valence-electron chi connectivity index (χ1n) is 9.42. The number of carbonyl (C=O) groups excluding carboxylic acids is 1. The van der Waals surface area contributed by atoms with Crippen LogP contribution in [0.5, 0.6) is 0 Å². The molecule has 0 unspecified atom stereocenters. The molecule has 8 nitrogen and oxygen atoms in total. The number of fused-ring (bicyclic) bond motifs is 1. The van der Waals surface area contributed by atoms with E-state index in [1.807, 2.05) is 0 Å². The number of aromatic nitrogens is 2. The normalized spacial score (nSPS) is 24.6. The Bertz CT molecular complexity index is 933. The zero-order valence-electron chi connectivity index (χ0n) is 15.2. The van der Waals surface area contributed by atoms with E-state index < -0.39 is 10.0 Å². The molecule has 0 radical (unpaired) electrons. The first-order chi connectivity index (χ1) is 13.0. The molecule has 2 fully saturated rings. The van der Waals surface area contributed by atoms with Crippen molar-refractivity contribution in [3.8, 4) is 0 Å². The maximum absolute atomic E-state index is 13.0. The number of hydrogen-bond donors (Lipinski definition) is 2. The van der Waals surface area contributed by atoms with Gasteiger partial charge in [0, 0.05) is 56.4 Å². The predicted octanol–water partition coefficient (Wildman–Crippen LogP) is 0.913. The highest BCUT2D eigenvalue weighted by atomic mass is 32.2. The minimum Gasteiger partial charge on any atom is -0.345 e. The first-order valence-corrected chi connectivity index (χ1v) is 10.9. The van der Waals surface area contributed by atoms with Crippen molar-refractivity contribution in [1.29, 1.82) is 0 Å². The Morgan fingerprint density at radius 3 is 2.74 bits per heavy atom. The summed E-state index contributed by atoms with van der Waals surface area (Å²) in [4.78, 5) is 21.6. The minimum absolute atomic E-state index is 0.0886. The molecule has 3 N–H and O–H groups in total. The second kappa shape index (κ2) is 7.21. The van der Waals surface area contributed by atoms with Gasteiger partial charge in [-0.3, -0.25) is 4.79 Å². The molecule has 0 aromatic carbocycles. The molecule has 1 saturated carbocycles. The second-order valence-electron chi connectivity index (χ2n) is 7.40. The number of rotatable bonds is 4. The third kappa shape index (κ3) is 3.46. The van der Waals surface area contributed by atoms with Crippen molar-refractivity contribution in [3.05, 3.63) is 24.5 Å². The molecule has 2 aromatic heterocycles. The van der Waals surface area contributed by atoms with Gasteiger partial charge in [-0.2, -0.15) is 4.31 Å². The highest BCUT2D eigenvalue weighted by Gasteiger charge is 2.33. The van der Waals surface area contributed by atoms with Gasteiger partial charge in [0.2, 0.25) is 15.9 Å². The average Bonchev–Trinajstić information content (AvgIpc) is 3.28. The molecule has 0 bridgehead atoms. The van der Waals surface area contributed by atoms with Gasteiger partial charge < -0.3 is 15.6 Å². The SMILES string of the molecule is N[C@@H]1CCC[C@H]1CC(=O)N1CCN(S(=O)(=O)c2c[nH]c3ncccc23)CC1. The lowest BCUT2D eigenvalue weighted by molar-refractivity contribution is -0.133. The number of nitrogens with two attached hydrogens (primary N) is 1. The van der Waals surface area contributed by atoms with Crippen LogP contribution >= 0.6 is 0 Å². The van der Waals surface area contributed by atoms with Crippen LogP contribution in [0.2, 0.25) is 0 Å². The molecule has 1 aliphatic heterocycles. The standard InChI is InChI=1S/C18H25N5O3S/c19-15-5-1-3-13(15)11-17(24)22-7-9-23(10-8-22)27(25,26)16-12-21-18-14(16)4-2-6-20-18/h2,4,6,12-13,15H,1,3,5,7-11,19H2,(H,20,21)/t13-,15+/m0/s1. The fourth-order valence-corrected chi connectivity index (χ4v) is 5.71. The topological polar surface area (TPSA) is 112 Å². The fraction of sp³-hybridized carbons (Fsp3) is 0.556. The van der Waals surface area contributed by atoms with E-state index in [2.05, 4.69) is 9.97 Å². The molecule has 2 aromatic rings. The molecule has 1 aliphatic carbocycles. The number of H-pyrrole nitrogens is 1. The summed E-state index contributed by atoms with van der Waals surface area (Å²) in [6, 6.07) is 3.58. The molecular formula is C18H25N5O3S. The maximum atomic E-state index is 13.0. The van der Waals surface area contributed by atoms with Crippen molar-refractivity contribution < 1.29 is 13.2 Å².